The third-order valence-corrected chi connectivity index (χ3v) is 7.76. The van der Waals surface area contributed by atoms with Crippen molar-refractivity contribution in [1.82, 2.24) is 0 Å². The second kappa shape index (κ2) is 16.8. The minimum Gasteiger partial charge on any atom is -0.394 e. The van der Waals surface area contributed by atoms with Gasteiger partial charge in [-0.05, 0) is 0 Å². The fraction of sp³-hybridized carbons (Fsp3) is 0.958. The number of aldehydes is 1. The van der Waals surface area contributed by atoms with E-state index < -0.39 is 143 Å². The maximum Gasteiger partial charge on any atom is 0.187 e. The molecule has 0 spiro atoms. The average Bonchev–Trinajstić information content (AvgIpc) is 3.04. The Morgan fingerprint density at radius 1 is 0.578 bits per heavy atom. The fourth-order valence-corrected chi connectivity index (χ4v) is 5.07. The van der Waals surface area contributed by atoms with E-state index in [1.807, 2.05) is 0 Å². The molecule has 264 valence electrons. The van der Waals surface area contributed by atoms with Crippen molar-refractivity contribution in [3.63, 3.8) is 0 Å². The minimum absolute atomic E-state index is 0.0878. The second-order valence-electron chi connectivity index (χ2n) is 10.8. The summed E-state index contributed by atoms with van der Waals surface area (Å²) in [4.78, 5) is 11.1. The lowest BCUT2D eigenvalue weighted by molar-refractivity contribution is -0.383. The molecule has 0 radical (unpaired) electrons. The highest BCUT2D eigenvalue weighted by molar-refractivity contribution is 5.56. The third-order valence-electron chi connectivity index (χ3n) is 7.76. The van der Waals surface area contributed by atoms with E-state index in [0.29, 0.717) is 0 Å². The first-order chi connectivity index (χ1) is 21.2. The van der Waals surface area contributed by atoms with E-state index >= 15 is 0 Å². The normalized spacial score (nSPS) is 45.4. The van der Waals surface area contributed by atoms with Gasteiger partial charge in [-0.25, -0.2) is 0 Å². The summed E-state index contributed by atoms with van der Waals surface area (Å²) in [6, 6.07) is 0. The van der Waals surface area contributed by atoms with E-state index in [4.69, 9.17) is 33.5 Å². The zero-order valence-corrected chi connectivity index (χ0v) is 23.5. The van der Waals surface area contributed by atoms with Gasteiger partial charge in [-0.15, -0.1) is 0 Å². The summed E-state index contributed by atoms with van der Waals surface area (Å²) in [5.41, 5.74) is 0. The molecule has 0 aromatic heterocycles. The van der Waals surface area contributed by atoms with Gasteiger partial charge in [-0.2, -0.15) is 0 Å². The molecule has 3 aliphatic heterocycles. The molecule has 3 aliphatic rings. The Hall–Kier alpha value is -1.13. The zero-order valence-electron chi connectivity index (χ0n) is 23.5. The molecule has 0 bridgehead atoms. The molecule has 0 amide bonds. The minimum atomic E-state index is -2.13. The monoisotopic (exact) mass is 666 g/mol. The maximum absolute atomic E-state index is 11.1. The molecule has 14 N–H and O–H groups in total. The summed E-state index contributed by atoms with van der Waals surface area (Å²) >= 11 is 0. The van der Waals surface area contributed by atoms with Crippen LogP contribution in [0.4, 0.5) is 0 Å². The van der Waals surface area contributed by atoms with Crippen LogP contribution in [0.3, 0.4) is 0 Å². The molecule has 0 saturated carbocycles. The quantitative estimate of drug-likeness (QED) is 0.0765. The third kappa shape index (κ3) is 8.30. The van der Waals surface area contributed by atoms with Gasteiger partial charge in [0.15, 0.2) is 25.2 Å². The Morgan fingerprint density at radius 3 is 1.60 bits per heavy atom. The summed E-state index contributed by atoms with van der Waals surface area (Å²) < 4.78 is 32.3. The van der Waals surface area contributed by atoms with Gasteiger partial charge in [0.05, 0.1) is 26.4 Å². The van der Waals surface area contributed by atoms with Crippen LogP contribution < -0.4 is 0 Å². The first kappa shape index (κ1) is 38.3. The molecule has 3 fully saturated rings. The molecule has 21 nitrogen and oxygen atoms in total. The summed E-state index contributed by atoms with van der Waals surface area (Å²) in [7, 11) is 0. The summed E-state index contributed by atoms with van der Waals surface area (Å²) in [5, 5.41) is 142. The number of carbonyl (C=O) groups is 1. The van der Waals surface area contributed by atoms with Gasteiger partial charge in [0.1, 0.15) is 97.7 Å². The SMILES string of the molecule is O=C[C@H](O)[C@@H](O[C@H]1O[C@H](CO)[C@@H](O[C@H]2O[C@H](CO)[C@@H](O)[C@H](O[C@H]3O[C@H](CO)[C@@H](O)[C@H](O)[C@H]3O)[C@H]2O)[C@H](O)[C@H]1O)[C@H](O)[C@H](O)CO. The first-order valence-electron chi connectivity index (χ1n) is 13.9. The number of ether oxygens (including phenoxy) is 6. The number of hydrogen-bond acceptors (Lipinski definition) is 21. The fourth-order valence-electron chi connectivity index (χ4n) is 5.07. The van der Waals surface area contributed by atoms with Crippen LogP contribution in [0.25, 0.3) is 0 Å². The van der Waals surface area contributed by atoms with E-state index in [9.17, 15) is 71.2 Å². The predicted octanol–water partition coefficient (Wildman–Crippen LogP) is -9.91. The Bertz CT molecular complexity index is 897. The highest BCUT2D eigenvalue weighted by atomic mass is 16.8. The van der Waals surface area contributed by atoms with Crippen molar-refractivity contribution in [3.05, 3.63) is 0 Å². The molecule has 0 unspecified atom stereocenters. The molecular weight excluding hydrogens is 624 g/mol. The van der Waals surface area contributed by atoms with Crippen LogP contribution in [0, 0.1) is 0 Å². The average molecular weight is 667 g/mol. The second-order valence-corrected chi connectivity index (χ2v) is 10.8. The number of rotatable bonds is 14. The zero-order chi connectivity index (χ0) is 33.7. The van der Waals surface area contributed by atoms with Crippen LogP contribution in [-0.4, -0.2) is 221 Å². The molecule has 0 aliphatic carbocycles. The molecular formula is C24H42O21. The summed E-state index contributed by atoms with van der Waals surface area (Å²) in [6.45, 7) is -3.72. The van der Waals surface area contributed by atoms with Crippen LogP contribution in [0.2, 0.25) is 0 Å². The van der Waals surface area contributed by atoms with E-state index in [2.05, 4.69) is 0 Å². The van der Waals surface area contributed by atoms with Crippen molar-refractivity contribution in [2.24, 2.45) is 0 Å². The van der Waals surface area contributed by atoms with Crippen molar-refractivity contribution in [2.75, 3.05) is 26.4 Å². The van der Waals surface area contributed by atoms with E-state index in [1.165, 1.54) is 0 Å². The predicted molar refractivity (Wildman–Crippen MR) is 135 cm³/mol. The van der Waals surface area contributed by atoms with Gasteiger partial charge >= 0.3 is 0 Å². The van der Waals surface area contributed by atoms with Crippen LogP contribution in [0.1, 0.15) is 0 Å². The molecule has 0 aromatic carbocycles. The molecule has 3 rings (SSSR count). The van der Waals surface area contributed by atoms with Crippen molar-refractivity contribution < 1.29 is 105 Å². The van der Waals surface area contributed by atoms with Crippen molar-refractivity contribution in [2.45, 2.75) is 117 Å². The van der Waals surface area contributed by atoms with Crippen LogP contribution in [0.15, 0.2) is 0 Å². The van der Waals surface area contributed by atoms with E-state index in [1.54, 1.807) is 0 Å². The maximum atomic E-state index is 11.1. The molecule has 3 saturated heterocycles. The Balaban J connectivity index is 1.78. The van der Waals surface area contributed by atoms with E-state index in [-0.39, 0.29) is 6.29 Å². The summed E-state index contributed by atoms with van der Waals surface area (Å²) in [6.07, 6.45) is -35.9. The Kier molecular flexibility index (Phi) is 14.3. The number of aliphatic hydroxyl groups is 14. The van der Waals surface area contributed by atoms with Crippen molar-refractivity contribution in [3.8, 4) is 0 Å². The van der Waals surface area contributed by atoms with Gasteiger partial charge in [-0.1, -0.05) is 0 Å². The Labute approximate surface area is 254 Å². The standard InChI is InChI=1S/C24H42O21/c25-1-6(30)11(32)19(7(31)2-26)43-23-17(38)15(36)20(10(5-29)42-23)44-24-18(39)21(13(34)9(4-28)41-24)45-22-16(37)14(35)12(33)8(3-27)40-22/h2,6-25,27-39H,1,3-5H2/t6-,7+,8-,9-,10-,11-,12-,13-,14+,15-,16-,17-,18-,19-,20-,21+,22-,23-,24-/m1/s1. The molecule has 45 heavy (non-hydrogen) atoms. The van der Waals surface area contributed by atoms with Crippen molar-refractivity contribution >= 4 is 6.29 Å². The van der Waals surface area contributed by atoms with Crippen molar-refractivity contribution in [1.29, 1.82) is 0 Å². The topological polar surface area (TPSA) is 356 Å². The highest BCUT2D eigenvalue weighted by Gasteiger charge is 2.54. The smallest absolute Gasteiger partial charge is 0.187 e. The van der Waals surface area contributed by atoms with Gasteiger partial charge in [-0.3, -0.25) is 0 Å². The first-order valence-corrected chi connectivity index (χ1v) is 13.9. The lowest BCUT2D eigenvalue weighted by Gasteiger charge is -2.48. The van der Waals surface area contributed by atoms with Gasteiger partial charge in [0.2, 0.25) is 0 Å². The Morgan fingerprint density at radius 2 is 1.07 bits per heavy atom. The van der Waals surface area contributed by atoms with E-state index in [0.717, 1.165) is 0 Å². The number of aliphatic hydroxyl groups excluding tert-OH is 14. The lowest BCUT2D eigenvalue weighted by atomic mass is 9.96. The highest BCUT2D eigenvalue weighted by Crippen LogP contribution is 2.33. The molecule has 19 atom stereocenters. The van der Waals surface area contributed by atoms with Gasteiger partial charge in [0.25, 0.3) is 0 Å². The lowest BCUT2D eigenvalue weighted by Crippen LogP contribution is -2.67. The largest absolute Gasteiger partial charge is 0.394 e. The van der Waals surface area contributed by atoms with Crippen LogP contribution in [0.5, 0.6) is 0 Å². The molecule has 3 heterocycles. The van der Waals surface area contributed by atoms with Gasteiger partial charge < -0.3 is 105 Å². The van der Waals surface area contributed by atoms with Gasteiger partial charge in [0, 0.05) is 0 Å². The van der Waals surface area contributed by atoms with Crippen LogP contribution in [-0.2, 0) is 33.2 Å². The molecule has 21 heteroatoms. The molecule has 0 aromatic rings. The summed E-state index contributed by atoms with van der Waals surface area (Å²) in [5.74, 6) is 0. The van der Waals surface area contributed by atoms with Crippen LogP contribution >= 0.6 is 0 Å². The number of carbonyl (C=O) groups excluding carboxylic acids is 1. The number of hydrogen-bond donors (Lipinski definition) is 14.